The van der Waals surface area contributed by atoms with Crippen LogP contribution in [0.25, 0.3) is 10.9 Å². The van der Waals surface area contributed by atoms with Gasteiger partial charge in [0.05, 0.1) is 11.2 Å². The standard InChI is InChI=1S/C16H21N3O/c1-4-17-10-11(2)16(20)19-14-7-5-6-13-9-8-12(3)18-15(13)14/h5-9,11,17H,4,10H2,1-3H3,(H,19,20). The lowest BCUT2D eigenvalue weighted by Crippen LogP contribution is -2.30. The van der Waals surface area contributed by atoms with Gasteiger partial charge in [-0.2, -0.15) is 0 Å². The molecule has 0 aliphatic rings. The van der Waals surface area contributed by atoms with E-state index >= 15 is 0 Å². The van der Waals surface area contributed by atoms with Gasteiger partial charge in [-0.25, -0.2) is 0 Å². The molecule has 1 atom stereocenters. The molecule has 0 bridgehead atoms. The van der Waals surface area contributed by atoms with Crippen molar-refractivity contribution in [3.8, 4) is 0 Å². The van der Waals surface area contributed by atoms with Gasteiger partial charge in [0, 0.05) is 23.5 Å². The number of nitrogens with one attached hydrogen (secondary N) is 2. The maximum absolute atomic E-state index is 12.2. The van der Waals surface area contributed by atoms with Gasteiger partial charge in [0.25, 0.3) is 0 Å². The molecule has 1 heterocycles. The van der Waals surface area contributed by atoms with E-state index in [9.17, 15) is 4.79 Å². The summed E-state index contributed by atoms with van der Waals surface area (Å²) in [6, 6.07) is 9.83. The van der Waals surface area contributed by atoms with Crippen molar-refractivity contribution in [2.75, 3.05) is 18.4 Å². The van der Waals surface area contributed by atoms with Crippen molar-refractivity contribution in [1.82, 2.24) is 10.3 Å². The van der Waals surface area contributed by atoms with E-state index in [-0.39, 0.29) is 11.8 Å². The second-order valence-electron chi connectivity index (χ2n) is 5.03. The molecule has 4 nitrogen and oxygen atoms in total. The number of hydrogen-bond acceptors (Lipinski definition) is 3. The molecule has 20 heavy (non-hydrogen) atoms. The molecule has 4 heteroatoms. The Morgan fingerprint density at radius 2 is 2.10 bits per heavy atom. The SMILES string of the molecule is CCNCC(C)C(=O)Nc1cccc2ccc(C)nc12. The molecule has 0 aliphatic carbocycles. The van der Waals surface area contributed by atoms with Crippen molar-refractivity contribution in [2.24, 2.45) is 5.92 Å². The first-order valence-corrected chi connectivity index (χ1v) is 6.99. The fraction of sp³-hybridized carbons (Fsp3) is 0.375. The summed E-state index contributed by atoms with van der Waals surface area (Å²) in [4.78, 5) is 16.7. The van der Waals surface area contributed by atoms with Gasteiger partial charge in [-0.05, 0) is 25.6 Å². The molecule has 0 saturated carbocycles. The number of para-hydroxylation sites is 1. The van der Waals surface area contributed by atoms with Crippen molar-refractivity contribution in [2.45, 2.75) is 20.8 Å². The van der Waals surface area contributed by atoms with Gasteiger partial charge in [-0.15, -0.1) is 0 Å². The fourth-order valence-corrected chi connectivity index (χ4v) is 2.05. The molecule has 2 N–H and O–H groups in total. The van der Waals surface area contributed by atoms with E-state index in [1.54, 1.807) is 0 Å². The van der Waals surface area contributed by atoms with Crippen LogP contribution in [0.3, 0.4) is 0 Å². The predicted octanol–water partition coefficient (Wildman–Crippen LogP) is 2.73. The van der Waals surface area contributed by atoms with Crippen molar-refractivity contribution < 1.29 is 4.79 Å². The smallest absolute Gasteiger partial charge is 0.228 e. The van der Waals surface area contributed by atoms with Crippen LogP contribution in [0.2, 0.25) is 0 Å². The molecule has 0 aliphatic heterocycles. The molecule has 2 aromatic rings. The molecule has 0 radical (unpaired) electrons. The van der Waals surface area contributed by atoms with Gasteiger partial charge >= 0.3 is 0 Å². The highest BCUT2D eigenvalue weighted by molar-refractivity contribution is 6.01. The number of aromatic nitrogens is 1. The van der Waals surface area contributed by atoms with Crippen LogP contribution in [-0.2, 0) is 4.79 Å². The molecule has 1 aromatic heterocycles. The van der Waals surface area contributed by atoms with Crippen molar-refractivity contribution in [3.63, 3.8) is 0 Å². The number of rotatable bonds is 5. The largest absolute Gasteiger partial charge is 0.324 e. The van der Waals surface area contributed by atoms with Crippen molar-refractivity contribution in [3.05, 3.63) is 36.0 Å². The highest BCUT2D eigenvalue weighted by Crippen LogP contribution is 2.22. The molecule has 0 saturated heterocycles. The molecule has 1 aromatic carbocycles. The summed E-state index contributed by atoms with van der Waals surface area (Å²) in [6.45, 7) is 7.45. The molecule has 1 unspecified atom stereocenters. The lowest BCUT2D eigenvalue weighted by Gasteiger charge is -2.13. The number of fused-ring (bicyclic) bond motifs is 1. The number of nitrogens with zero attached hydrogens (tertiary/aromatic N) is 1. The number of aryl methyl sites for hydroxylation is 1. The van der Waals surface area contributed by atoms with Crippen molar-refractivity contribution in [1.29, 1.82) is 0 Å². The lowest BCUT2D eigenvalue weighted by molar-refractivity contribution is -0.119. The third-order valence-corrected chi connectivity index (χ3v) is 3.27. The van der Waals surface area contributed by atoms with Crippen LogP contribution in [-0.4, -0.2) is 24.0 Å². The monoisotopic (exact) mass is 271 g/mol. The average Bonchev–Trinajstić information content (AvgIpc) is 2.45. The highest BCUT2D eigenvalue weighted by Gasteiger charge is 2.13. The Morgan fingerprint density at radius 1 is 1.30 bits per heavy atom. The summed E-state index contributed by atoms with van der Waals surface area (Å²) in [6.07, 6.45) is 0. The maximum atomic E-state index is 12.2. The van der Waals surface area contributed by atoms with Gasteiger partial charge in [0.1, 0.15) is 0 Å². The molecular weight excluding hydrogens is 250 g/mol. The molecular formula is C16H21N3O. The summed E-state index contributed by atoms with van der Waals surface area (Å²) in [7, 11) is 0. The van der Waals surface area contributed by atoms with E-state index in [4.69, 9.17) is 0 Å². The maximum Gasteiger partial charge on any atom is 0.228 e. The average molecular weight is 271 g/mol. The summed E-state index contributed by atoms with van der Waals surface area (Å²) in [5.74, 6) is -0.0585. The van der Waals surface area contributed by atoms with E-state index < -0.39 is 0 Å². The molecule has 0 spiro atoms. The predicted molar refractivity (Wildman–Crippen MR) is 82.8 cm³/mol. The first-order chi connectivity index (χ1) is 9.61. The van der Waals surface area contributed by atoms with Crippen LogP contribution < -0.4 is 10.6 Å². The highest BCUT2D eigenvalue weighted by atomic mass is 16.1. The molecule has 0 fully saturated rings. The minimum Gasteiger partial charge on any atom is -0.324 e. The Balaban J connectivity index is 2.21. The quantitative estimate of drug-likeness (QED) is 0.879. The zero-order valence-corrected chi connectivity index (χ0v) is 12.2. The molecule has 106 valence electrons. The topological polar surface area (TPSA) is 54.0 Å². The first-order valence-electron chi connectivity index (χ1n) is 6.99. The Hall–Kier alpha value is -1.94. The number of carbonyl (C=O) groups excluding carboxylic acids is 1. The third kappa shape index (κ3) is 3.33. The van der Waals surface area contributed by atoms with Crippen LogP contribution >= 0.6 is 0 Å². The number of pyridine rings is 1. The Bertz CT molecular complexity index is 610. The zero-order chi connectivity index (χ0) is 14.5. The number of carbonyl (C=O) groups is 1. The van der Waals surface area contributed by atoms with E-state index in [1.165, 1.54) is 0 Å². The van der Waals surface area contributed by atoms with E-state index in [2.05, 4.69) is 15.6 Å². The summed E-state index contributed by atoms with van der Waals surface area (Å²) in [5, 5.41) is 7.20. The summed E-state index contributed by atoms with van der Waals surface area (Å²) < 4.78 is 0. The zero-order valence-electron chi connectivity index (χ0n) is 12.2. The lowest BCUT2D eigenvalue weighted by atomic mass is 10.1. The Kier molecular flexibility index (Phi) is 4.69. The Labute approximate surface area is 119 Å². The fourth-order valence-electron chi connectivity index (χ4n) is 2.05. The van der Waals surface area contributed by atoms with Gasteiger partial charge < -0.3 is 10.6 Å². The minimum atomic E-state index is -0.0741. The summed E-state index contributed by atoms with van der Waals surface area (Å²) >= 11 is 0. The molecule has 2 rings (SSSR count). The van der Waals surface area contributed by atoms with Crippen LogP contribution in [0.15, 0.2) is 30.3 Å². The van der Waals surface area contributed by atoms with E-state index in [0.29, 0.717) is 6.54 Å². The minimum absolute atomic E-state index is 0.0155. The summed E-state index contributed by atoms with van der Waals surface area (Å²) in [5.41, 5.74) is 2.57. The second kappa shape index (κ2) is 6.48. The van der Waals surface area contributed by atoms with Crippen molar-refractivity contribution >= 4 is 22.5 Å². The van der Waals surface area contributed by atoms with E-state index in [0.717, 1.165) is 28.8 Å². The normalized spacial score (nSPS) is 12.3. The molecule has 1 amide bonds. The van der Waals surface area contributed by atoms with Gasteiger partial charge in [0.15, 0.2) is 0 Å². The van der Waals surface area contributed by atoms with E-state index in [1.807, 2.05) is 51.1 Å². The third-order valence-electron chi connectivity index (χ3n) is 3.27. The number of hydrogen-bond donors (Lipinski definition) is 2. The Morgan fingerprint density at radius 3 is 2.85 bits per heavy atom. The number of anilines is 1. The van der Waals surface area contributed by atoms with Crippen LogP contribution in [0.5, 0.6) is 0 Å². The number of amides is 1. The van der Waals surface area contributed by atoms with Crippen LogP contribution in [0, 0.1) is 12.8 Å². The van der Waals surface area contributed by atoms with Gasteiger partial charge in [-0.1, -0.05) is 32.0 Å². The van der Waals surface area contributed by atoms with Crippen LogP contribution in [0.4, 0.5) is 5.69 Å². The first kappa shape index (κ1) is 14.5. The van der Waals surface area contributed by atoms with Gasteiger partial charge in [0.2, 0.25) is 5.91 Å². The number of benzene rings is 1. The second-order valence-corrected chi connectivity index (χ2v) is 5.03. The van der Waals surface area contributed by atoms with Gasteiger partial charge in [-0.3, -0.25) is 9.78 Å². The van der Waals surface area contributed by atoms with Crippen LogP contribution in [0.1, 0.15) is 19.5 Å².